The van der Waals surface area contributed by atoms with E-state index in [0.29, 0.717) is 0 Å². The molecule has 0 radical (unpaired) electrons. The maximum absolute atomic E-state index is 12.6. The van der Waals surface area contributed by atoms with Crippen LogP contribution < -0.4 is 5.32 Å². The molecule has 0 rings (SSSR count). The van der Waals surface area contributed by atoms with Gasteiger partial charge >= 0.3 is 17.3 Å². The molecule has 0 saturated carbocycles. The van der Waals surface area contributed by atoms with Crippen LogP contribution in [-0.4, -0.2) is 50.0 Å². The summed E-state index contributed by atoms with van der Waals surface area (Å²) in [7, 11) is -5.80. The Hall–Kier alpha value is -1.75. The van der Waals surface area contributed by atoms with Gasteiger partial charge in [0.05, 0.1) is 19.6 Å². The Labute approximate surface area is 113 Å². The second-order valence-electron chi connectivity index (χ2n) is 3.28. The molecule has 0 saturated heterocycles. The van der Waals surface area contributed by atoms with E-state index in [0.717, 1.165) is 6.08 Å². The van der Waals surface area contributed by atoms with Crippen LogP contribution in [0, 0.1) is 0 Å². The average Bonchev–Trinajstić information content (AvgIpc) is 2.32. The van der Waals surface area contributed by atoms with Gasteiger partial charge < -0.3 is 19.3 Å². The number of halogens is 2. The van der Waals surface area contributed by atoms with Gasteiger partial charge in [-0.25, -0.2) is 18.0 Å². The van der Waals surface area contributed by atoms with Gasteiger partial charge in [0.2, 0.25) is 0 Å². The third-order valence-electron chi connectivity index (χ3n) is 1.77. The number of rotatable bonds is 8. The first-order chi connectivity index (χ1) is 9.10. The van der Waals surface area contributed by atoms with E-state index < -0.39 is 40.5 Å². The first-order valence-corrected chi connectivity index (χ1v) is 6.54. The molecular formula is C9H12F2NO7S-. The van der Waals surface area contributed by atoms with Crippen LogP contribution in [0.5, 0.6) is 0 Å². The fourth-order valence-corrected chi connectivity index (χ4v) is 1.14. The summed E-state index contributed by atoms with van der Waals surface area (Å²) in [5.74, 6) is -0.708. The molecule has 0 heterocycles. The molecule has 11 heteroatoms. The molecule has 1 amide bonds. The topological polar surface area (TPSA) is 122 Å². The summed E-state index contributed by atoms with van der Waals surface area (Å²) in [5, 5.41) is -2.47. The molecule has 8 nitrogen and oxygen atoms in total. The molecule has 116 valence electrons. The Balaban J connectivity index is 3.85. The smallest absolute Gasteiger partial charge is 0.407 e. The highest BCUT2D eigenvalue weighted by molar-refractivity contribution is 7.86. The van der Waals surface area contributed by atoms with Gasteiger partial charge in [0.25, 0.3) is 0 Å². The van der Waals surface area contributed by atoms with Crippen molar-refractivity contribution in [3.05, 3.63) is 12.7 Å². The number of alkyl carbamates (subject to hydrolysis) is 1. The summed E-state index contributed by atoms with van der Waals surface area (Å²) in [5.41, 5.74) is 0. The molecule has 0 atom stereocenters. The van der Waals surface area contributed by atoms with Gasteiger partial charge in [-0.15, -0.1) is 0 Å². The van der Waals surface area contributed by atoms with Crippen LogP contribution in [-0.2, 0) is 24.4 Å². The lowest BCUT2D eigenvalue weighted by Crippen LogP contribution is -2.33. The fraction of sp³-hybridized carbons (Fsp3) is 0.556. The number of hydrogen-bond donors (Lipinski definition) is 1. The highest BCUT2D eigenvalue weighted by Crippen LogP contribution is 2.24. The summed E-state index contributed by atoms with van der Waals surface area (Å²) < 4.78 is 64.3. The number of amides is 1. The van der Waals surface area contributed by atoms with Gasteiger partial charge in [-0.1, -0.05) is 6.58 Å². The Morgan fingerprint density at radius 3 is 2.40 bits per heavy atom. The molecular weight excluding hydrogens is 304 g/mol. The molecule has 20 heavy (non-hydrogen) atoms. The summed E-state index contributed by atoms with van der Waals surface area (Å²) in [6.07, 6.45) is -1.67. The van der Waals surface area contributed by atoms with Crippen molar-refractivity contribution in [2.45, 2.75) is 11.7 Å². The van der Waals surface area contributed by atoms with Crippen molar-refractivity contribution in [3.8, 4) is 0 Å². The normalized spacial score (nSPS) is 11.6. The van der Waals surface area contributed by atoms with Gasteiger partial charge in [0, 0.05) is 6.08 Å². The summed E-state index contributed by atoms with van der Waals surface area (Å²) >= 11 is 0. The van der Waals surface area contributed by atoms with E-state index in [1.807, 2.05) is 5.32 Å². The van der Waals surface area contributed by atoms with E-state index in [9.17, 15) is 31.3 Å². The molecule has 0 aromatic heterocycles. The van der Waals surface area contributed by atoms with Crippen LogP contribution in [0.1, 0.15) is 6.42 Å². The van der Waals surface area contributed by atoms with Crippen LogP contribution in [0.3, 0.4) is 0 Å². The van der Waals surface area contributed by atoms with Crippen molar-refractivity contribution < 1.29 is 40.8 Å². The third-order valence-corrected chi connectivity index (χ3v) is 2.71. The SMILES string of the molecule is C=CC(=O)OCCNC(=O)OCCC(F)(F)S(=O)(=O)[O-]. The van der Waals surface area contributed by atoms with Gasteiger partial charge in [-0.05, 0) is 0 Å². The molecule has 1 N–H and O–H groups in total. The monoisotopic (exact) mass is 316 g/mol. The number of esters is 1. The molecule has 0 aliphatic rings. The van der Waals surface area contributed by atoms with Gasteiger partial charge in [0.15, 0.2) is 10.1 Å². The molecule has 0 aliphatic carbocycles. The zero-order valence-corrected chi connectivity index (χ0v) is 11.0. The molecule has 0 fully saturated rings. The average molecular weight is 316 g/mol. The highest BCUT2D eigenvalue weighted by atomic mass is 32.2. The van der Waals surface area contributed by atoms with Gasteiger partial charge in [0.1, 0.15) is 6.61 Å². The molecule has 0 spiro atoms. The zero-order valence-electron chi connectivity index (χ0n) is 10.1. The number of ether oxygens (including phenoxy) is 2. The molecule has 0 aromatic rings. The minimum atomic E-state index is -5.80. The van der Waals surface area contributed by atoms with Crippen LogP contribution >= 0.6 is 0 Å². The van der Waals surface area contributed by atoms with Crippen molar-refractivity contribution in [3.63, 3.8) is 0 Å². The van der Waals surface area contributed by atoms with E-state index in [2.05, 4.69) is 16.1 Å². The van der Waals surface area contributed by atoms with Crippen molar-refractivity contribution >= 4 is 22.2 Å². The van der Waals surface area contributed by atoms with Gasteiger partial charge in [-0.3, -0.25) is 0 Å². The number of carbonyl (C=O) groups excluding carboxylic acids is 2. The minimum Gasteiger partial charge on any atom is -0.743 e. The number of hydrogen-bond acceptors (Lipinski definition) is 7. The number of carbonyl (C=O) groups is 2. The van der Waals surface area contributed by atoms with Gasteiger partial charge in [-0.2, -0.15) is 8.78 Å². The van der Waals surface area contributed by atoms with Crippen molar-refractivity contribution in [1.82, 2.24) is 5.32 Å². The lowest BCUT2D eigenvalue weighted by molar-refractivity contribution is -0.137. The lowest BCUT2D eigenvalue weighted by Gasteiger charge is -2.19. The zero-order chi connectivity index (χ0) is 15.8. The van der Waals surface area contributed by atoms with Crippen molar-refractivity contribution in [2.24, 2.45) is 0 Å². The van der Waals surface area contributed by atoms with E-state index in [1.54, 1.807) is 0 Å². The predicted molar refractivity (Wildman–Crippen MR) is 59.8 cm³/mol. The Morgan fingerprint density at radius 1 is 1.30 bits per heavy atom. The first kappa shape index (κ1) is 18.2. The Kier molecular flexibility index (Phi) is 7.07. The van der Waals surface area contributed by atoms with Crippen LogP contribution in [0.4, 0.5) is 13.6 Å². The quantitative estimate of drug-likeness (QED) is 0.289. The maximum atomic E-state index is 12.6. The molecule has 0 bridgehead atoms. The van der Waals surface area contributed by atoms with Crippen LogP contribution in [0.25, 0.3) is 0 Å². The van der Waals surface area contributed by atoms with Crippen molar-refractivity contribution in [2.75, 3.05) is 19.8 Å². The predicted octanol–water partition coefficient (Wildman–Crippen LogP) is -0.0301. The maximum Gasteiger partial charge on any atom is 0.407 e. The Bertz CT molecular complexity index is 463. The fourth-order valence-electron chi connectivity index (χ4n) is 0.802. The lowest BCUT2D eigenvalue weighted by atomic mass is 10.5. The second-order valence-corrected chi connectivity index (χ2v) is 4.78. The summed E-state index contributed by atoms with van der Waals surface area (Å²) in [4.78, 5) is 21.5. The van der Waals surface area contributed by atoms with E-state index in [-0.39, 0.29) is 13.2 Å². The number of nitrogens with one attached hydrogen (secondary N) is 1. The van der Waals surface area contributed by atoms with E-state index in [4.69, 9.17) is 0 Å². The second kappa shape index (κ2) is 7.75. The third kappa shape index (κ3) is 6.99. The molecule has 0 unspecified atom stereocenters. The van der Waals surface area contributed by atoms with Crippen LogP contribution in [0.15, 0.2) is 12.7 Å². The van der Waals surface area contributed by atoms with Crippen LogP contribution in [0.2, 0.25) is 0 Å². The molecule has 0 aromatic carbocycles. The standard InChI is InChI=1S/C9H13F2NO7S/c1-2-7(13)18-6-4-12-8(14)19-5-3-9(10,11)20(15,16)17/h2H,1,3-6H2,(H,12,14)(H,15,16,17)/p-1. The largest absolute Gasteiger partial charge is 0.743 e. The number of alkyl halides is 2. The summed E-state index contributed by atoms with van der Waals surface area (Å²) in [6, 6.07) is 0. The van der Waals surface area contributed by atoms with E-state index in [1.165, 1.54) is 0 Å². The Morgan fingerprint density at radius 2 is 1.90 bits per heavy atom. The summed E-state index contributed by atoms with van der Waals surface area (Å²) in [6.45, 7) is 1.83. The first-order valence-electron chi connectivity index (χ1n) is 5.13. The molecule has 0 aliphatic heterocycles. The van der Waals surface area contributed by atoms with E-state index >= 15 is 0 Å². The highest BCUT2D eigenvalue weighted by Gasteiger charge is 2.37. The van der Waals surface area contributed by atoms with Crippen molar-refractivity contribution in [1.29, 1.82) is 0 Å². The minimum absolute atomic E-state index is 0.144.